The molecule has 0 spiro atoms. The van der Waals surface area contributed by atoms with Crippen molar-refractivity contribution in [1.82, 2.24) is 5.32 Å². The van der Waals surface area contributed by atoms with Crippen molar-refractivity contribution >= 4 is 40.9 Å². The quantitative estimate of drug-likeness (QED) is 0.201. The zero-order valence-corrected chi connectivity index (χ0v) is 23.2. The Balaban J connectivity index is 1.48. The van der Waals surface area contributed by atoms with Crippen LogP contribution < -0.4 is 15.4 Å². The van der Waals surface area contributed by atoms with E-state index in [4.69, 9.17) is 21.1 Å². The number of ether oxygens (including phenoxy) is 2. The van der Waals surface area contributed by atoms with Gasteiger partial charge in [0.05, 0.1) is 33.9 Å². The summed E-state index contributed by atoms with van der Waals surface area (Å²) in [5.74, 6) is -0.105. The van der Waals surface area contributed by atoms with Crippen molar-refractivity contribution in [2.24, 2.45) is 0 Å². The van der Waals surface area contributed by atoms with Gasteiger partial charge in [0, 0.05) is 16.4 Å². The highest BCUT2D eigenvalue weighted by atomic mass is 35.5. The minimum absolute atomic E-state index is 0.0344. The minimum atomic E-state index is -0.691. The average molecular weight is 572 g/mol. The molecule has 0 saturated carbocycles. The molecule has 0 bridgehead atoms. The van der Waals surface area contributed by atoms with E-state index in [0.29, 0.717) is 43.9 Å². The predicted octanol–water partition coefficient (Wildman–Crippen LogP) is 6.93. The second kappa shape index (κ2) is 13.6. The van der Waals surface area contributed by atoms with Crippen LogP contribution in [0.5, 0.6) is 11.5 Å². The number of nitrogens with zero attached hydrogens (tertiary/aromatic N) is 1. The largest absolute Gasteiger partial charge is 0.458 e. The summed E-state index contributed by atoms with van der Waals surface area (Å²) in [6.07, 6.45) is 1.48. The van der Waals surface area contributed by atoms with Crippen LogP contribution in [0.3, 0.4) is 0 Å². The first-order valence-corrected chi connectivity index (χ1v) is 13.7. The van der Waals surface area contributed by atoms with E-state index in [1.54, 1.807) is 55.5 Å². The fourth-order valence-electron chi connectivity index (χ4n) is 4.06. The Morgan fingerprint density at radius 1 is 1.07 bits per heavy atom. The summed E-state index contributed by atoms with van der Waals surface area (Å²) in [5.41, 5.74) is 2.46. The third kappa shape index (κ3) is 7.14. The number of anilines is 1. The molecule has 9 heteroatoms. The summed E-state index contributed by atoms with van der Waals surface area (Å²) in [5, 5.41) is 17.2. The van der Waals surface area contributed by atoms with Crippen LogP contribution >= 0.6 is 23.4 Å². The van der Waals surface area contributed by atoms with Crippen LogP contribution in [-0.4, -0.2) is 24.2 Å². The van der Waals surface area contributed by atoms with E-state index >= 15 is 0 Å². The SMILES string of the molecule is C=CCOC(=O)C1=C(C)NC(SCC(=O)Nc2ccc(Oc3ccccc3)cc2)=C(C#N)[C@@H]1c1ccc(Cl)cc1. The summed E-state index contributed by atoms with van der Waals surface area (Å²) >= 11 is 7.26. The number of carbonyl (C=O) groups excluding carboxylic acids is 2. The van der Waals surface area contributed by atoms with E-state index in [-0.39, 0.29) is 18.3 Å². The molecule has 3 aromatic rings. The number of allylic oxidation sites excluding steroid dienone is 2. The van der Waals surface area contributed by atoms with Gasteiger partial charge in [-0.15, -0.1) is 0 Å². The lowest BCUT2D eigenvalue weighted by Gasteiger charge is -2.29. The molecule has 1 atom stereocenters. The van der Waals surface area contributed by atoms with Gasteiger partial charge in [-0.3, -0.25) is 4.79 Å². The molecule has 0 radical (unpaired) electrons. The number of carbonyl (C=O) groups is 2. The van der Waals surface area contributed by atoms with Crippen LogP contribution in [-0.2, 0) is 14.3 Å². The molecular weight excluding hydrogens is 546 g/mol. The van der Waals surface area contributed by atoms with Crippen molar-refractivity contribution in [2.45, 2.75) is 12.8 Å². The topological polar surface area (TPSA) is 100 Å². The highest BCUT2D eigenvalue weighted by Crippen LogP contribution is 2.41. The summed E-state index contributed by atoms with van der Waals surface area (Å²) in [6.45, 7) is 5.36. The first-order chi connectivity index (χ1) is 19.4. The maximum Gasteiger partial charge on any atom is 0.337 e. The number of hydrogen-bond donors (Lipinski definition) is 2. The number of benzene rings is 3. The van der Waals surface area contributed by atoms with Crippen molar-refractivity contribution < 1.29 is 19.1 Å². The Morgan fingerprint density at radius 3 is 2.40 bits per heavy atom. The van der Waals surface area contributed by atoms with Gasteiger partial charge < -0.3 is 20.1 Å². The number of thioether (sulfide) groups is 1. The smallest absolute Gasteiger partial charge is 0.337 e. The van der Waals surface area contributed by atoms with Crippen LogP contribution in [0.2, 0.25) is 5.02 Å². The second-order valence-electron chi connectivity index (χ2n) is 8.67. The molecule has 7 nitrogen and oxygen atoms in total. The number of dihydropyridines is 1. The number of rotatable bonds is 10. The average Bonchev–Trinajstić information content (AvgIpc) is 2.96. The van der Waals surface area contributed by atoms with Gasteiger partial charge in [0.2, 0.25) is 5.91 Å². The van der Waals surface area contributed by atoms with E-state index < -0.39 is 11.9 Å². The molecule has 3 aromatic carbocycles. The van der Waals surface area contributed by atoms with Gasteiger partial charge in [-0.1, -0.05) is 66.3 Å². The van der Waals surface area contributed by atoms with Crippen molar-refractivity contribution in [2.75, 3.05) is 17.7 Å². The standard InChI is InChI=1S/C31H26ClN3O4S/c1-3-17-38-31(37)28-20(2)34-30(26(18-33)29(28)21-9-11-22(32)12-10-21)40-19-27(36)35-23-13-15-25(16-14-23)39-24-7-5-4-6-8-24/h3-16,29,34H,1,17,19H2,2H3,(H,35,36)/t29-/m0/s1. The second-order valence-corrected chi connectivity index (χ2v) is 10.1. The molecule has 0 aromatic heterocycles. The minimum Gasteiger partial charge on any atom is -0.458 e. The maximum absolute atomic E-state index is 13.0. The molecule has 0 fully saturated rings. The predicted molar refractivity (Wildman–Crippen MR) is 158 cm³/mol. The van der Waals surface area contributed by atoms with Crippen molar-refractivity contribution in [3.63, 3.8) is 0 Å². The molecular formula is C31H26ClN3O4S. The highest BCUT2D eigenvalue weighted by Gasteiger charge is 2.35. The van der Waals surface area contributed by atoms with Crippen LogP contribution in [0.4, 0.5) is 5.69 Å². The molecule has 1 heterocycles. The zero-order valence-electron chi connectivity index (χ0n) is 21.6. The number of para-hydroxylation sites is 1. The van der Waals surface area contributed by atoms with Crippen LogP contribution in [0, 0.1) is 11.3 Å². The fourth-order valence-corrected chi connectivity index (χ4v) is 5.08. The van der Waals surface area contributed by atoms with E-state index in [9.17, 15) is 14.9 Å². The van der Waals surface area contributed by atoms with Crippen LogP contribution in [0.25, 0.3) is 0 Å². The molecule has 202 valence electrons. The number of esters is 1. The van der Waals surface area contributed by atoms with Gasteiger partial charge in [0.1, 0.15) is 18.1 Å². The highest BCUT2D eigenvalue weighted by molar-refractivity contribution is 8.03. The number of halogens is 1. The molecule has 4 rings (SSSR count). The number of nitrogens with one attached hydrogen (secondary N) is 2. The zero-order chi connectivity index (χ0) is 28.5. The van der Waals surface area contributed by atoms with E-state index in [1.165, 1.54) is 17.8 Å². The molecule has 1 aliphatic heterocycles. The van der Waals surface area contributed by atoms with Gasteiger partial charge >= 0.3 is 5.97 Å². The fraction of sp³-hybridized carbons (Fsp3) is 0.129. The van der Waals surface area contributed by atoms with Gasteiger partial charge in [-0.05, 0) is 61.0 Å². The van der Waals surface area contributed by atoms with Crippen molar-refractivity contribution in [3.05, 3.63) is 124 Å². The molecule has 0 saturated heterocycles. The lowest BCUT2D eigenvalue weighted by Crippen LogP contribution is -2.29. The number of amides is 1. The van der Waals surface area contributed by atoms with Gasteiger partial charge in [-0.2, -0.15) is 5.26 Å². The Kier molecular flexibility index (Phi) is 9.68. The lowest BCUT2D eigenvalue weighted by molar-refractivity contribution is -0.138. The third-order valence-corrected chi connectivity index (χ3v) is 7.14. The number of nitriles is 1. The summed E-state index contributed by atoms with van der Waals surface area (Å²) in [7, 11) is 0. The molecule has 40 heavy (non-hydrogen) atoms. The number of hydrogen-bond acceptors (Lipinski definition) is 7. The van der Waals surface area contributed by atoms with E-state index in [0.717, 1.165) is 5.75 Å². The molecule has 1 amide bonds. The van der Waals surface area contributed by atoms with Gasteiger partial charge in [0.25, 0.3) is 0 Å². The molecule has 1 aliphatic rings. The van der Waals surface area contributed by atoms with Crippen LogP contribution in [0.1, 0.15) is 18.4 Å². The first kappa shape index (κ1) is 28.6. The Bertz CT molecular complexity index is 1490. The third-order valence-electron chi connectivity index (χ3n) is 5.87. The molecule has 0 unspecified atom stereocenters. The van der Waals surface area contributed by atoms with Crippen LogP contribution in [0.15, 0.2) is 113 Å². The monoisotopic (exact) mass is 571 g/mol. The van der Waals surface area contributed by atoms with E-state index in [2.05, 4.69) is 23.3 Å². The van der Waals surface area contributed by atoms with Gasteiger partial charge in [-0.25, -0.2) is 4.79 Å². The molecule has 2 N–H and O–H groups in total. The van der Waals surface area contributed by atoms with Crippen molar-refractivity contribution in [3.8, 4) is 17.6 Å². The Morgan fingerprint density at radius 2 is 1.75 bits per heavy atom. The lowest BCUT2D eigenvalue weighted by atomic mass is 9.82. The van der Waals surface area contributed by atoms with Gasteiger partial charge in [0.15, 0.2) is 0 Å². The first-order valence-electron chi connectivity index (χ1n) is 12.3. The Hall–Kier alpha value is -4.45. The normalized spacial score (nSPS) is 14.6. The summed E-state index contributed by atoms with van der Waals surface area (Å²) < 4.78 is 11.1. The molecule has 0 aliphatic carbocycles. The Labute approximate surface area is 242 Å². The maximum atomic E-state index is 13.0. The van der Waals surface area contributed by atoms with Crippen molar-refractivity contribution in [1.29, 1.82) is 5.26 Å². The summed E-state index contributed by atoms with van der Waals surface area (Å²) in [4.78, 5) is 25.8. The summed E-state index contributed by atoms with van der Waals surface area (Å²) in [6, 6.07) is 25.6. The van der Waals surface area contributed by atoms with E-state index in [1.807, 2.05) is 30.3 Å².